The molecule has 0 radical (unpaired) electrons. The Morgan fingerprint density at radius 3 is 2.65 bits per heavy atom. The molecule has 3 aliphatic rings. The zero-order chi connectivity index (χ0) is 26.8. The van der Waals surface area contributed by atoms with Crippen LogP contribution in [0.5, 0.6) is 0 Å². The summed E-state index contributed by atoms with van der Waals surface area (Å²) >= 11 is 0. The van der Waals surface area contributed by atoms with Crippen LogP contribution in [0.25, 0.3) is 0 Å². The van der Waals surface area contributed by atoms with Crippen molar-refractivity contribution in [3.05, 3.63) is 48.6 Å². The van der Waals surface area contributed by atoms with Crippen molar-refractivity contribution in [1.29, 1.82) is 0 Å². The van der Waals surface area contributed by atoms with Gasteiger partial charge in [-0.25, -0.2) is 0 Å². The molecule has 1 aromatic rings. The highest BCUT2D eigenvalue weighted by Crippen LogP contribution is 2.65. The summed E-state index contributed by atoms with van der Waals surface area (Å²) in [6.07, 6.45) is 4.22. The second kappa shape index (κ2) is 11.0. The molecule has 3 saturated heterocycles. The lowest BCUT2D eigenvalue weighted by Gasteiger charge is -2.37. The summed E-state index contributed by atoms with van der Waals surface area (Å²) in [4.78, 5) is 45.0. The van der Waals surface area contributed by atoms with Crippen LogP contribution >= 0.6 is 0 Å². The second-order valence-electron chi connectivity index (χ2n) is 10.8. The Balaban J connectivity index is 1.74. The number of benzene rings is 1. The number of fused-ring (bicyclic) bond motifs is 1. The predicted octanol–water partition coefficient (Wildman–Crippen LogP) is 2.94. The number of esters is 1. The number of hydrogen-bond acceptors (Lipinski definition) is 6. The molecule has 3 aliphatic heterocycles. The lowest BCUT2D eigenvalue weighted by molar-refractivity contribution is -0.162. The molecular weight excluding hydrogens is 472 g/mol. The highest BCUT2D eigenvalue weighted by molar-refractivity contribution is 5.98. The van der Waals surface area contributed by atoms with E-state index in [1.165, 1.54) is 0 Å². The van der Waals surface area contributed by atoms with E-state index in [2.05, 4.69) is 6.58 Å². The van der Waals surface area contributed by atoms with E-state index in [9.17, 15) is 19.5 Å². The number of unbranched alkanes of at least 4 members (excludes halogenated alkanes) is 2. The van der Waals surface area contributed by atoms with E-state index in [-0.39, 0.29) is 30.9 Å². The van der Waals surface area contributed by atoms with Gasteiger partial charge in [0, 0.05) is 26.2 Å². The summed E-state index contributed by atoms with van der Waals surface area (Å²) in [7, 11) is 0. The van der Waals surface area contributed by atoms with E-state index in [0.29, 0.717) is 38.9 Å². The Morgan fingerprint density at radius 2 is 2.00 bits per heavy atom. The summed E-state index contributed by atoms with van der Waals surface area (Å²) in [6, 6.07) is 8.89. The van der Waals surface area contributed by atoms with Crippen molar-refractivity contribution < 1.29 is 29.0 Å². The number of nitrogens with zero attached hydrogens (tertiary/aromatic N) is 2. The van der Waals surface area contributed by atoms with E-state index in [1.807, 2.05) is 44.2 Å². The van der Waals surface area contributed by atoms with Crippen LogP contribution in [0.3, 0.4) is 0 Å². The third-order valence-electron chi connectivity index (χ3n) is 8.52. The molecule has 6 atom stereocenters. The topological polar surface area (TPSA) is 96.4 Å². The van der Waals surface area contributed by atoms with Crippen molar-refractivity contribution in [1.82, 2.24) is 9.80 Å². The maximum Gasteiger partial charge on any atom is 0.312 e. The zero-order valence-electron chi connectivity index (χ0n) is 22.2. The predicted molar refractivity (Wildman–Crippen MR) is 138 cm³/mol. The van der Waals surface area contributed by atoms with E-state index in [4.69, 9.17) is 9.47 Å². The average molecular weight is 513 g/mol. The summed E-state index contributed by atoms with van der Waals surface area (Å²) in [5, 5.41) is 9.22. The van der Waals surface area contributed by atoms with Gasteiger partial charge in [-0.15, -0.1) is 6.58 Å². The maximum absolute atomic E-state index is 14.4. The number of carbonyl (C=O) groups excluding carboxylic acids is 3. The zero-order valence-corrected chi connectivity index (χ0v) is 22.2. The number of hydrogen-bond donors (Lipinski definition) is 1. The van der Waals surface area contributed by atoms with E-state index < -0.39 is 35.0 Å². The molecule has 37 heavy (non-hydrogen) atoms. The maximum atomic E-state index is 14.4. The van der Waals surface area contributed by atoms with Gasteiger partial charge in [-0.1, -0.05) is 43.3 Å². The van der Waals surface area contributed by atoms with Crippen LogP contribution < -0.4 is 0 Å². The minimum atomic E-state index is -1.09. The molecule has 3 fully saturated rings. The minimum Gasteiger partial charge on any atom is -0.466 e. The number of likely N-dealkylation sites (tertiary alicyclic amines) is 1. The summed E-state index contributed by atoms with van der Waals surface area (Å²) in [5.41, 5.74) is -0.990. The van der Waals surface area contributed by atoms with Crippen molar-refractivity contribution >= 4 is 17.8 Å². The SMILES string of the molecule is C=CCN(Cc1ccccc1)C(=O)C1N(CCCCCO)C(=O)[C@@H]2[C@@H](C(=O)OCC)[C@]3(C)OC12CC3C. The highest BCUT2D eigenvalue weighted by atomic mass is 16.6. The first-order chi connectivity index (χ1) is 17.7. The number of aliphatic hydroxyl groups is 1. The Kier molecular flexibility index (Phi) is 8.09. The van der Waals surface area contributed by atoms with Crippen LogP contribution in [-0.2, 0) is 30.4 Å². The summed E-state index contributed by atoms with van der Waals surface area (Å²) < 4.78 is 12.2. The molecule has 1 aromatic carbocycles. The van der Waals surface area contributed by atoms with Gasteiger partial charge in [0.1, 0.15) is 17.6 Å². The summed E-state index contributed by atoms with van der Waals surface area (Å²) in [6.45, 7) is 10.9. The van der Waals surface area contributed by atoms with Gasteiger partial charge >= 0.3 is 5.97 Å². The van der Waals surface area contributed by atoms with Gasteiger partial charge in [0.2, 0.25) is 11.8 Å². The first-order valence-corrected chi connectivity index (χ1v) is 13.5. The van der Waals surface area contributed by atoms with Gasteiger partial charge in [-0.05, 0) is 51.0 Å². The summed E-state index contributed by atoms with van der Waals surface area (Å²) in [5.74, 6) is -2.39. The third-order valence-corrected chi connectivity index (χ3v) is 8.52. The quantitative estimate of drug-likeness (QED) is 0.263. The fourth-order valence-electron chi connectivity index (χ4n) is 6.78. The normalized spacial score (nSPS) is 31.9. The number of carbonyl (C=O) groups is 3. The molecule has 1 N–H and O–H groups in total. The molecule has 1 spiro atoms. The monoisotopic (exact) mass is 512 g/mol. The number of amides is 2. The number of rotatable bonds is 12. The van der Waals surface area contributed by atoms with Gasteiger partial charge < -0.3 is 24.4 Å². The van der Waals surface area contributed by atoms with Gasteiger partial charge in [-0.2, -0.15) is 0 Å². The largest absolute Gasteiger partial charge is 0.466 e. The van der Waals surface area contributed by atoms with Crippen LogP contribution in [0.4, 0.5) is 0 Å². The molecule has 2 bridgehead atoms. The first kappa shape index (κ1) is 27.3. The lowest BCUT2D eigenvalue weighted by atomic mass is 9.62. The van der Waals surface area contributed by atoms with Crippen molar-refractivity contribution in [3.8, 4) is 0 Å². The van der Waals surface area contributed by atoms with Crippen LogP contribution in [-0.4, -0.2) is 76.2 Å². The first-order valence-electron chi connectivity index (χ1n) is 13.5. The Hall–Kier alpha value is -2.71. The molecular formula is C29H40N2O6. The Labute approximate surface area is 219 Å². The van der Waals surface area contributed by atoms with Gasteiger partial charge in [0.15, 0.2) is 0 Å². The Bertz CT molecular complexity index is 1010. The van der Waals surface area contributed by atoms with Crippen molar-refractivity contribution in [2.75, 3.05) is 26.3 Å². The van der Waals surface area contributed by atoms with Crippen LogP contribution in [0, 0.1) is 17.8 Å². The van der Waals surface area contributed by atoms with Crippen LogP contribution in [0.2, 0.25) is 0 Å². The number of aliphatic hydroxyl groups excluding tert-OH is 1. The van der Waals surface area contributed by atoms with Crippen molar-refractivity contribution in [2.24, 2.45) is 17.8 Å². The fourth-order valence-corrected chi connectivity index (χ4v) is 6.78. The van der Waals surface area contributed by atoms with Gasteiger partial charge in [0.25, 0.3) is 0 Å². The Morgan fingerprint density at radius 1 is 1.27 bits per heavy atom. The molecule has 2 amide bonds. The van der Waals surface area contributed by atoms with Crippen molar-refractivity contribution in [2.45, 2.75) is 70.2 Å². The van der Waals surface area contributed by atoms with Crippen LogP contribution in [0.1, 0.15) is 52.0 Å². The van der Waals surface area contributed by atoms with E-state index in [1.54, 1.807) is 22.8 Å². The second-order valence-corrected chi connectivity index (χ2v) is 10.8. The molecule has 4 rings (SSSR count). The van der Waals surface area contributed by atoms with Gasteiger partial charge in [0.05, 0.1) is 18.1 Å². The molecule has 0 aliphatic carbocycles. The highest BCUT2D eigenvalue weighted by Gasteiger charge is 2.80. The average Bonchev–Trinajstić information content (AvgIpc) is 3.38. The minimum absolute atomic E-state index is 0.0300. The fraction of sp³-hybridized carbons (Fsp3) is 0.621. The smallest absolute Gasteiger partial charge is 0.312 e. The lowest BCUT2D eigenvalue weighted by Crippen LogP contribution is -2.56. The van der Waals surface area contributed by atoms with Gasteiger partial charge in [-0.3, -0.25) is 14.4 Å². The van der Waals surface area contributed by atoms with Crippen molar-refractivity contribution in [3.63, 3.8) is 0 Å². The molecule has 3 heterocycles. The van der Waals surface area contributed by atoms with E-state index in [0.717, 1.165) is 12.0 Å². The van der Waals surface area contributed by atoms with Crippen LogP contribution in [0.15, 0.2) is 43.0 Å². The molecule has 0 aromatic heterocycles. The molecule has 8 heteroatoms. The standard InChI is InChI=1S/C29H40N2O6/c1-5-15-30(19-21-13-9-7-10-14-21)26(34)24-29-18-20(3)28(4,37-29)23(27(35)36-6-2)22(29)25(33)31(24)16-11-8-12-17-32/h5,7,9-10,13-14,20,22-24,32H,1,6,8,11-12,15-19H2,2-4H3/t20?,22-,23-,24?,28+,29?/m0/s1. The van der Waals surface area contributed by atoms with E-state index >= 15 is 0 Å². The molecule has 202 valence electrons. The molecule has 3 unspecified atom stereocenters. The third kappa shape index (κ3) is 4.59. The number of ether oxygens (including phenoxy) is 2. The molecule has 0 saturated carbocycles. The molecule has 8 nitrogen and oxygen atoms in total.